The molecule has 1 atom stereocenters. The Kier molecular flexibility index (Phi) is 8.08. The van der Waals surface area contributed by atoms with E-state index in [1.165, 1.54) is 29.3 Å². The summed E-state index contributed by atoms with van der Waals surface area (Å²) in [4.78, 5) is 33.3. The summed E-state index contributed by atoms with van der Waals surface area (Å²) in [5, 5.41) is 3.16. The molecule has 35 heavy (non-hydrogen) atoms. The first-order valence-electron chi connectivity index (χ1n) is 12.1. The molecular formula is C28H30FN3O3. The van der Waals surface area contributed by atoms with Crippen molar-refractivity contribution in [2.45, 2.75) is 51.1 Å². The molecule has 1 aromatic heterocycles. The molecule has 1 saturated carbocycles. The Morgan fingerprint density at radius 1 is 1.06 bits per heavy atom. The molecular weight excluding hydrogens is 445 g/mol. The van der Waals surface area contributed by atoms with E-state index in [1.807, 2.05) is 13.0 Å². The SMILES string of the molecule is CCOc1ccccc1[C@@H](C(=O)NC1CCCCC1)N(C(=O)c1ccccn1)c1cccc(F)c1. The third-order valence-corrected chi connectivity index (χ3v) is 6.16. The Hall–Kier alpha value is -3.74. The summed E-state index contributed by atoms with van der Waals surface area (Å²) < 4.78 is 20.2. The maximum absolute atomic E-state index is 14.4. The Labute approximate surface area is 205 Å². The van der Waals surface area contributed by atoms with Gasteiger partial charge in [-0.15, -0.1) is 0 Å². The zero-order valence-corrected chi connectivity index (χ0v) is 19.8. The van der Waals surface area contributed by atoms with Crippen LogP contribution in [0.15, 0.2) is 72.9 Å². The van der Waals surface area contributed by atoms with Crippen LogP contribution in [0.2, 0.25) is 0 Å². The van der Waals surface area contributed by atoms with Gasteiger partial charge < -0.3 is 10.1 Å². The van der Waals surface area contributed by atoms with E-state index in [-0.39, 0.29) is 23.3 Å². The zero-order valence-electron chi connectivity index (χ0n) is 19.8. The molecule has 6 nitrogen and oxygen atoms in total. The van der Waals surface area contributed by atoms with E-state index >= 15 is 0 Å². The molecule has 0 aliphatic heterocycles. The van der Waals surface area contributed by atoms with Gasteiger partial charge in [-0.3, -0.25) is 19.5 Å². The standard InChI is InChI=1S/C28H30FN3O3/c1-2-35-25-17-7-6-15-23(25)26(27(33)31-21-12-4-3-5-13-21)32(22-14-10-11-20(29)19-22)28(34)24-16-8-9-18-30-24/h6-11,14-19,21,26H,2-5,12-13H2,1H3,(H,31,33)/t26-/m0/s1. The van der Waals surface area contributed by atoms with Gasteiger partial charge in [0.15, 0.2) is 0 Å². The van der Waals surface area contributed by atoms with Crippen molar-refractivity contribution in [2.24, 2.45) is 0 Å². The minimum atomic E-state index is -1.09. The topological polar surface area (TPSA) is 71.5 Å². The Bertz CT molecular complexity index is 1150. The molecule has 0 saturated heterocycles. The van der Waals surface area contributed by atoms with Crippen molar-refractivity contribution in [3.05, 3.63) is 90.0 Å². The monoisotopic (exact) mass is 475 g/mol. The summed E-state index contributed by atoms with van der Waals surface area (Å²) in [6, 6.07) is 16.8. The van der Waals surface area contributed by atoms with E-state index in [4.69, 9.17) is 4.74 Å². The second-order valence-corrected chi connectivity index (χ2v) is 8.59. The molecule has 2 aromatic carbocycles. The number of anilines is 1. The first kappa shape index (κ1) is 24.4. The molecule has 1 heterocycles. The van der Waals surface area contributed by atoms with Crippen LogP contribution < -0.4 is 15.0 Å². The molecule has 1 N–H and O–H groups in total. The first-order valence-corrected chi connectivity index (χ1v) is 12.1. The number of rotatable bonds is 8. The molecule has 1 aliphatic rings. The van der Waals surface area contributed by atoms with Crippen LogP contribution in [0.5, 0.6) is 5.75 Å². The Morgan fingerprint density at radius 3 is 2.54 bits per heavy atom. The van der Waals surface area contributed by atoms with Crippen molar-refractivity contribution < 1.29 is 18.7 Å². The number of nitrogens with one attached hydrogen (secondary N) is 1. The summed E-state index contributed by atoms with van der Waals surface area (Å²) in [5.74, 6) is -0.858. The molecule has 0 unspecified atom stereocenters. The van der Waals surface area contributed by atoms with Crippen LogP contribution in [0.1, 0.15) is 61.1 Å². The fraction of sp³-hybridized carbons (Fsp3) is 0.321. The number of aromatic nitrogens is 1. The fourth-order valence-corrected chi connectivity index (χ4v) is 4.54. The van der Waals surface area contributed by atoms with Crippen LogP contribution in [0.3, 0.4) is 0 Å². The smallest absolute Gasteiger partial charge is 0.277 e. The number of benzene rings is 2. The molecule has 1 aliphatic carbocycles. The summed E-state index contributed by atoms with van der Waals surface area (Å²) in [7, 11) is 0. The van der Waals surface area contributed by atoms with Crippen molar-refractivity contribution in [2.75, 3.05) is 11.5 Å². The number of ether oxygens (including phenoxy) is 1. The average Bonchev–Trinajstić information content (AvgIpc) is 2.88. The van der Waals surface area contributed by atoms with E-state index in [0.29, 0.717) is 17.9 Å². The highest BCUT2D eigenvalue weighted by molar-refractivity contribution is 6.09. The molecule has 4 rings (SSSR count). The third kappa shape index (κ3) is 5.85. The van der Waals surface area contributed by atoms with Gasteiger partial charge in [-0.1, -0.05) is 49.6 Å². The number of carbonyl (C=O) groups is 2. The molecule has 3 aromatic rings. The van der Waals surface area contributed by atoms with Gasteiger partial charge >= 0.3 is 0 Å². The van der Waals surface area contributed by atoms with E-state index < -0.39 is 17.8 Å². The maximum atomic E-state index is 14.4. The Morgan fingerprint density at radius 2 is 1.83 bits per heavy atom. The fourth-order valence-electron chi connectivity index (χ4n) is 4.54. The van der Waals surface area contributed by atoms with Gasteiger partial charge in [0.05, 0.1) is 6.61 Å². The van der Waals surface area contributed by atoms with Gasteiger partial charge in [0, 0.05) is 23.5 Å². The number of halogens is 1. The predicted octanol–water partition coefficient (Wildman–Crippen LogP) is 5.46. The van der Waals surface area contributed by atoms with Crippen LogP contribution >= 0.6 is 0 Å². The van der Waals surface area contributed by atoms with Crippen molar-refractivity contribution >= 4 is 17.5 Å². The van der Waals surface area contributed by atoms with Crippen molar-refractivity contribution in [1.29, 1.82) is 0 Å². The third-order valence-electron chi connectivity index (χ3n) is 6.16. The molecule has 1 fully saturated rings. The molecule has 0 spiro atoms. The number of hydrogen-bond donors (Lipinski definition) is 1. The summed E-state index contributed by atoms with van der Waals surface area (Å²) in [6.07, 6.45) is 6.54. The second kappa shape index (κ2) is 11.6. The molecule has 7 heteroatoms. The van der Waals surface area contributed by atoms with E-state index in [1.54, 1.807) is 42.5 Å². The highest BCUT2D eigenvalue weighted by Gasteiger charge is 2.37. The summed E-state index contributed by atoms with van der Waals surface area (Å²) >= 11 is 0. The number of carbonyl (C=O) groups excluding carboxylic acids is 2. The van der Waals surface area contributed by atoms with Crippen LogP contribution in [-0.4, -0.2) is 29.4 Å². The summed E-state index contributed by atoms with van der Waals surface area (Å²) in [6.45, 7) is 2.25. The lowest BCUT2D eigenvalue weighted by atomic mass is 9.94. The summed E-state index contributed by atoms with van der Waals surface area (Å²) in [5.41, 5.74) is 0.938. The van der Waals surface area contributed by atoms with E-state index in [9.17, 15) is 14.0 Å². The Balaban J connectivity index is 1.85. The van der Waals surface area contributed by atoms with Gasteiger partial charge in [0.25, 0.3) is 5.91 Å². The van der Waals surface area contributed by atoms with Gasteiger partial charge in [-0.05, 0) is 56.2 Å². The number of para-hydroxylation sites is 1. The largest absolute Gasteiger partial charge is 0.493 e. The van der Waals surface area contributed by atoms with Gasteiger partial charge in [0.2, 0.25) is 5.91 Å². The van der Waals surface area contributed by atoms with Gasteiger partial charge in [-0.25, -0.2) is 4.39 Å². The number of amides is 2. The minimum absolute atomic E-state index is 0.0253. The molecule has 182 valence electrons. The van der Waals surface area contributed by atoms with Crippen molar-refractivity contribution in [3.63, 3.8) is 0 Å². The normalized spacial score (nSPS) is 14.7. The molecule has 2 amide bonds. The molecule has 0 bridgehead atoms. The van der Waals surface area contributed by atoms with Gasteiger partial charge in [-0.2, -0.15) is 0 Å². The van der Waals surface area contributed by atoms with Crippen LogP contribution in [-0.2, 0) is 4.79 Å². The minimum Gasteiger partial charge on any atom is -0.493 e. The van der Waals surface area contributed by atoms with Crippen LogP contribution in [0.25, 0.3) is 0 Å². The lowest BCUT2D eigenvalue weighted by molar-refractivity contribution is -0.123. The van der Waals surface area contributed by atoms with Crippen LogP contribution in [0, 0.1) is 5.82 Å². The molecule has 0 radical (unpaired) electrons. The quantitative estimate of drug-likeness (QED) is 0.470. The lowest BCUT2D eigenvalue weighted by Gasteiger charge is -2.34. The number of nitrogens with zero attached hydrogens (tertiary/aromatic N) is 2. The number of hydrogen-bond acceptors (Lipinski definition) is 4. The van der Waals surface area contributed by atoms with Gasteiger partial charge in [0.1, 0.15) is 23.3 Å². The highest BCUT2D eigenvalue weighted by atomic mass is 19.1. The van der Waals surface area contributed by atoms with Crippen molar-refractivity contribution in [1.82, 2.24) is 10.3 Å². The number of pyridine rings is 1. The second-order valence-electron chi connectivity index (χ2n) is 8.59. The van der Waals surface area contributed by atoms with E-state index in [0.717, 1.165) is 32.1 Å². The first-order chi connectivity index (χ1) is 17.1. The van der Waals surface area contributed by atoms with Crippen LogP contribution in [0.4, 0.5) is 10.1 Å². The highest BCUT2D eigenvalue weighted by Crippen LogP contribution is 2.35. The van der Waals surface area contributed by atoms with Crippen molar-refractivity contribution in [3.8, 4) is 5.75 Å². The average molecular weight is 476 g/mol. The zero-order chi connectivity index (χ0) is 24.6. The maximum Gasteiger partial charge on any atom is 0.277 e. The van der Waals surface area contributed by atoms with E-state index in [2.05, 4.69) is 10.3 Å². The predicted molar refractivity (Wildman–Crippen MR) is 133 cm³/mol. The lowest BCUT2D eigenvalue weighted by Crippen LogP contribution is -2.47.